The summed E-state index contributed by atoms with van der Waals surface area (Å²) in [7, 11) is 7.52. The Morgan fingerprint density at radius 1 is 1.00 bits per heavy atom. The number of methoxy groups -OCH3 is 2. The summed E-state index contributed by atoms with van der Waals surface area (Å²) in [5.74, 6) is 1.74. The summed E-state index contributed by atoms with van der Waals surface area (Å²) in [6.07, 6.45) is 0.809. The van der Waals surface area contributed by atoms with Crippen LogP contribution in [0.15, 0.2) is 12.1 Å². The minimum absolute atomic E-state index is 0.0124. The minimum Gasteiger partial charge on any atom is -0.382 e. The van der Waals surface area contributed by atoms with Gasteiger partial charge in [0.25, 0.3) is 0 Å². The van der Waals surface area contributed by atoms with E-state index in [1.165, 1.54) is 16.7 Å². The van der Waals surface area contributed by atoms with Crippen molar-refractivity contribution >= 4 is 0 Å². The van der Waals surface area contributed by atoms with Gasteiger partial charge in [-0.2, -0.15) is 5.10 Å². The fourth-order valence-electron chi connectivity index (χ4n) is 3.01. The van der Waals surface area contributed by atoms with Crippen LogP contribution >= 0.6 is 0 Å². The molecule has 0 fully saturated rings. The molecule has 1 aromatic heterocycles. The number of benzene rings is 1. The Kier molecular flexibility index (Phi) is 7.32. The van der Waals surface area contributed by atoms with Gasteiger partial charge in [-0.25, -0.2) is 9.67 Å². The molecule has 26 heavy (non-hydrogen) atoms. The monoisotopic (exact) mass is 360 g/mol. The van der Waals surface area contributed by atoms with Gasteiger partial charge in [0.2, 0.25) is 0 Å². The number of nitrogens with zero attached hydrogens (tertiary/aromatic N) is 4. The maximum atomic E-state index is 5.41. The highest BCUT2D eigenvalue weighted by atomic mass is 16.5. The van der Waals surface area contributed by atoms with E-state index in [0.717, 1.165) is 30.2 Å². The van der Waals surface area contributed by atoms with E-state index in [4.69, 9.17) is 19.6 Å². The van der Waals surface area contributed by atoms with Gasteiger partial charge < -0.3 is 14.4 Å². The Bertz CT molecular complexity index is 719. The van der Waals surface area contributed by atoms with Gasteiger partial charge in [-0.15, -0.1) is 0 Å². The standard InChI is InChI=1S/C20H32N4O2/c1-14-10-16(3)18(11-15(14)2)20-21-19(8-9-23(4)5)22-24(20)17(12-25-6)13-26-7/h10-11,17H,8-9,12-13H2,1-7H3. The number of aryl methyl sites for hydroxylation is 3. The average Bonchev–Trinajstić information content (AvgIpc) is 3.00. The molecule has 6 heteroatoms. The number of hydrogen-bond donors (Lipinski definition) is 0. The Labute approximate surface area is 157 Å². The molecular formula is C20H32N4O2. The molecule has 0 aliphatic heterocycles. The largest absolute Gasteiger partial charge is 0.382 e. The van der Waals surface area contributed by atoms with Crippen LogP contribution in [0.3, 0.4) is 0 Å². The van der Waals surface area contributed by atoms with Crippen LogP contribution in [0.4, 0.5) is 0 Å². The van der Waals surface area contributed by atoms with E-state index < -0.39 is 0 Å². The summed E-state index contributed by atoms with van der Waals surface area (Å²) in [4.78, 5) is 7.03. The van der Waals surface area contributed by atoms with Crippen LogP contribution in [0.5, 0.6) is 0 Å². The highest BCUT2D eigenvalue weighted by molar-refractivity contribution is 5.62. The predicted octanol–water partition coefficient (Wildman–Crippen LogP) is 2.81. The summed E-state index contributed by atoms with van der Waals surface area (Å²) in [5, 5.41) is 4.81. The van der Waals surface area contributed by atoms with Crippen LogP contribution in [0, 0.1) is 20.8 Å². The Balaban J connectivity index is 2.52. The second-order valence-electron chi connectivity index (χ2n) is 7.17. The molecule has 0 aliphatic carbocycles. The van der Waals surface area contributed by atoms with Gasteiger partial charge in [0.1, 0.15) is 6.04 Å². The third-order valence-electron chi connectivity index (χ3n) is 4.60. The SMILES string of the molecule is COCC(COC)n1nc(CCN(C)C)nc1-c1cc(C)c(C)cc1C. The molecule has 0 saturated heterocycles. The van der Waals surface area contributed by atoms with Crippen LogP contribution in [0.25, 0.3) is 11.4 Å². The van der Waals surface area contributed by atoms with Crippen molar-refractivity contribution in [2.75, 3.05) is 48.1 Å². The second kappa shape index (κ2) is 9.26. The third kappa shape index (κ3) is 4.90. The zero-order valence-corrected chi connectivity index (χ0v) is 17.2. The number of ether oxygens (including phenoxy) is 2. The Morgan fingerprint density at radius 2 is 1.62 bits per heavy atom. The van der Waals surface area contributed by atoms with E-state index in [1.807, 2.05) is 4.68 Å². The molecule has 1 aromatic carbocycles. The van der Waals surface area contributed by atoms with Crippen LogP contribution in [0.1, 0.15) is 28.6 Å². The van der Waals surface area contributed by atoms with Crippen molar-refractivity contribution < 1.29 is 9.47 Å². The zero-order chi connectivity index (χ0) is 19.3. The van der Waals surface area contributed by atoms with E-state index in [9.17, 15) is 0 Å². The molecule has 0 atom stereocenters. The van der Waals surface area contributed by atoms with Crippen LogP contribution in [0.2, 0.25) is 0 Å². The molecule has 0 spiro atoms. The minimum atomic E-state index is -0.0124. The van der Waals surface area contributed by atoms with E-state index in [0.29, 0.717) is 13.2 Å². The lowest BCUT2D eigenvalue weighted by molar-refractivity contribution is 0.0843. The van der Waals surface area contributed by atoms with Crippen molar-refractivity contribution in [2.24, 2.45) is 0 Å². The molecule has 0 unspecified atom stereocenters. The molecule has 0 amide bonds. The molecule has 1 heterocycles. The summed E-state index contributed by atoms with van der Waals surface area (Å²) in [6, 6.07) is 4.41. The fraction of sp³-hybridized carbons (Fsp3) is 0.600. The first-order valence-corrected chi connectivity index (χ1v) is 9.03. The highest BCUT2D eigenvalue weighted by Crippen LogP contribution is 2.27. The van der Waals surface area contributed by atoms with Gasteiger partial charge in [0.15, 0.2) is 11.6 Å². The van der Waals surface area contributed by atoms with Crippen molar-refractivity contribution in [2.45, 2.75) is 33.2 Å². The average molecular weight is 361 g/mol. The van der Waals surface area contributed by atoms with E-state index in [2.05, 4.69) is 51.9 Å². The van der Waals surface area contributed by atoms with Gasteiger partial charge in [0.05, 0.1) is 13.2 Å². The molecule has 0 N–H and O–H groups in total. The number of rotatable bonds is 9. The lowest BCUT2D eigenvalue weighted by Crippen LogP contribution is -2.22. The van der Waals surface area contributed by atoms with Crippen molar-refractivity contribution in [3.8, 4) is 11.4 Å². The molecule has 2 aromatic rings. The quantitative estimate of drug-likeness (QED) is 0.688. The first-order chi connectivity index (χ1) is 12.4. The van der Waals surface area contributed by atoms with Gasteiger partial charge >= 0.3 is 0 Å². The summed E-state index contributed by atoms with van der Waals surface area (Å²) in [6.45, 7) is 8.37. The highest BCUT2D eigenvalue weighted by Gasteiger charge is 2.21. The summed E-state index contributed by atoms with van der Waals surface area (Å²) >= 11 is 0. The van der Waals surface area contributed by atoms with E-state index >= 15 is 0 Å². The first-order valence-electron chi connectivity index (χ1n) is 9.03. The van der Waals surface area contributed by atoms with Gasteiger partial charge in [0, 0.05) is 32.7 Å². The van der Waals surface area contributed by atoms with E-state index in [-0.39, 0.29) is 6.04 Å². The van der Waals surface area contributed by atoms with Crippen LogP contribution < -0.4 is 0 Å². The molecule has 0 bridgehead atoms. The van der Waals surface area contributed by atoms with Crippen LogP contribution in [-0.2, 0) is 15.9 Å². The lowest BCUT2D eigenvalue weighted by Gasteiger charge is -2.19. The molecule has 0 radical (unpaired) electrons. The molecule has 0 saturated carbocycles. The summed E-state index contributed by atoms with van der Waals surface area (Å²) in [5.41, 5.74) is 4.86. The number of aromatic nitrogens is 3. The van der Waals surface area contributed by atoms with Crippen LogP contribution in [-0.4, -0.2) is 67.7 Å². The van der Waals surface area contributed by atoms with Gasteiger partial charge in [-0.1, -0.05) is 6.07 Å². The van der Waals surface area contributed by atoms with Gasteiger partial charge in [-0.05, 0) is 57.6 Å². The van der Waals surface area contributed by atoms with Crippen molar-refractivity contribution in [1.29, 1.82) is 0 Å². The maximum absolute atomic E-state index is 5.41. The molecule has 0 aliphatic rings. The lowest BCUT2D eigenvalue weighted by atomic mass is 10.0. The predicted molar refractivity (Wildman–Crippen MR) is 105 cm³/mol. The normalized spacial score (nSPS) is 11.7. The zero-order valence-electron chi connectivity index (χ0n) is 17.2. The molecule has 6 nitrogen and oxygen atoms in total. The Hall–Kier alpha value is -1.76. The topological polar surface area (TPSA) is 52.4 Å². The molecule has 2 rings (SSSR count). The van der Waals surface area contributed by atoms with Crippen molar-refractivity contribution in [3.05, 3.63) is 34.6 Å². The smallest absolute Gasteiger partial charge is 0.159 e. The second-order valence-corrected chi connectivity index (χ2v) is 7.17. The molecular weight excluding hydrogens is 328 g/mol. The maximum Gasteiger partial charge on any atom is 0.159 e. The van der Waals surface area contributed by atoms with Crippen molar-refractivity contribution in [3.63, 3.8) is 0 Å². The summed E-state index contributed by atoms with van der Waals surface area (Å²) < 4.78 is 12.8. The number of hydrogen-bond acceptors (Lipinski definition) is 5. The first kappa shape index (κ1) is 20.6. The molecule has 144 valence electrons. The Morgan fingerprint density at radius 3 is 2.19 bits per heavy atom. The van der Waals surface area contributed by atoms with Crippen molar-refractivity contribution in [1.82, 2.24) is 19.7 Å². The third-order valence-corrected chi connectivity index (χ3v) is 4.60. The van der Waals surface area contributed by atoms with Gasteiger partial charge in [-0.3, -0.25) is 0 Å². The fourth-order valence-corrected chi connectivity index (χ4v) is 3.01. The number of likely N-dealkylation sites (N-methyl/N-ethyl adjacent to an activating group) is 1. The van der Waals surface area contributed by atoms with E-state index in [1.54, 1.807) is 14.2 Å².